The minimum atomic E-state index is -0.567. The van der Waals surface area contributed by atoms with Crippen LogP contribution in [0.3, 0.4) is 0 Å². The molecule has 0 bridgehead atoms. The van der Waals surface area contributed by atoms with Gasteiger partial charge in [0.05, 0.1) is 14.1 Å². The van der Waals surface area contributed by atoms with E-state index in [1.165, 1.54) is 62.5 Å². The molecule has 2 rings (SSSR count). The van der Waals surface area contributed by atoms with Gasteiger partial charge < -0.3 is 14.0 Å². The van der Waals surface area contributed by atoms with E-state index in [0.717, 1.165) is 18.7 Å². The monoisotopic (exact) mass is 468 g/mol. The summed E-state index contributed by atoms with van der Waals surface area (Å²) >= 11 is 0. The van der Waals surface area contributed by atoms with E-state index in [4.69, 9.17) is 9.47 Å². The molecule has 0 saturated heterocycles. The van der Waals surface area contributed by atoms with Gasteiger partial charge in [0.15, 0.2) is 6.54 Å². The van der Waals surface area contributed by atoms with E-state index >= 15 is 0 Å². The first-order valence-corrected chi connectivity index (χ1v) is 13.2. The van der Waals surface area contributed by atoms with Gasteiger partial charge in [0.1, 0.15) is 12.3 Å². The Bertz CT molecular complexity index is 819. The summed E-state index contributed by atoms with van der Waals surface area (Å²) in [6.07, 6.45) is 11.7. The molecule has 0 fully saturated rings. The van der Waals surface area contributed by atoms with Crippen LogP contribution in [0.4, 0.5) is 0 Å². The van der Waals surface area contributed by atoms with Gasteiger partial charge in [-0.25, -0.2) is 4.79 Å². The van der Waals surface area contributed by atoms with Crippen molar-refractivity contribution in [1.29, 1.82) is 0 Å². The fourth-order valence-electron chi connectivity index (χ4n) is 4.25. The summed E-state index contributed by atoms with van der Waals surface area (Å²) in [6.45, 7) is 5.31. The fourth-order valence-corrected chi connectivity index (χ4v) is 4.25. The summed E-state index contributed by atoms with van der Waals surface area (Å²) in [5.74, 6) is 0.539. The lowest BCUT2D eigenvalue weighted by Crippen LogP contribution is -2.44. The zero-order chi connectivity index (χ0) is 24.7. The number of aryl methyl sites for hydroxylation is 1. The Morgan fingerprint density at radius 2 is 1.47 bits per heavy atom. The summed E-state index contributed by atoms with van der Waals surface area (Å²) in [7, 11) is 4.09. The van der Waals surface area contributed by atoms with Crippen molar-refractivity contribution in [1.82, 2.24) is 0 Å². The number of carbonyl (C=O) groups is 1. The van der Waals surface area contributed by atoms with Gasteiger partial charge in [0.25, 0.3) is 0 Å². The summed E-state index contributed by atoms with van der Waals surface area (Å²) in [5, 5.41) is 0. The first kappa shape index (κ1) is 27.9. The molecule has 0 amide bonds. The van der Waals surface area contributed by atoms with Crippen LogP contribution < -0.4 is 4.74 Å². The van der Waals surface area contributed by atoms with Gasteiger partial charge in [-0.05, 0) is 30.5 Å². The average Bonchev–Trinajstić information content (AvgIpc) is 2.80. The average molecular weight is 469 g/mol. The van der Waals surface area contributed by atoms with Crippen molar-refractivity contribution in [3.63, 3.8) is 0 Å². The van der Waals surface area contributed by atoms with Crippen LogP contribution in [0.5, 0.6) is 5.75 Å². The van der Waals surface area contributed by atoms with Gasteiger partial charge >= 0.3 is 5.97 Å². The Labute approximate surface area is 207 Å². The summed E-state index contributed by atoms with van der Waals surface area (Å²) < 4.78 is 12.3. The number of carbonyl (C=O) groups excluding carboxylic acids is 1. The smallest absolute Gasteiger partial charge is 0.364 e. The Morgan fingerprint density at radius 1 is 0.824 bits per heavy atom. The number of nitrogens with zero attached hydrogens (tertiary/aromatic N) is 1. The summed E-state index contributed by atoms with van der Waals surface area (Å²) in [5.41, 5.74) is 2.49. The first-order chi connectivity index (χ1) is 16.4. The van der Waals surface area contributed by atoms with E-state index in [1.807, 2.05) is 51.4 Å². The molecule has 0 aliphatic carbocycles. The van der Waals surface area contributed by atoms with Crippen molar-refractivity contribution in [2.45, 2.75) is 90.9 Å². The molecule has 0 aromatic heterocycles. The zero-order valence-corrected chi connectivity index (χ0v) is 21.9. The molecule has 0 aliphatic rings. The van der Waals surface area contributed by atoms with Gasteiger partial charge in [-0.1, -0.05) is 101 Å². The normalized spacial score (nSPS) is 12.4. The van der Waals surface area contributed by atoms with Crippen molar-refractivity contribution >= 4 is 5.97 Å². The summed E-state index contributed by atoms with van der Waals surface area (Å²) in [4.78, 5) is 12.6. The molecule has 0 heterocycles. The van der Waals surface area contributed by atoms with E-state index < -0.39 is 6.29 Å². The number of hydrogen-bond donors (Lipinski definition) is 0. The minimum absolute atomic E-state index is 0.233. The van der Waals surface area contributed by atoms with Crippen LogP contribution in [0.15, 0.2) is 54.6 Å². The molecule has 0 aliphatic heterocycles. The molecule has 4 heteroatoms. The van der Waals surface area contributed by atoms with Crippen LogP contribution in [0, 0.1) is 0 Å². The Hall–Kier alpha value is -2.33. The van der Waals surface area contributed by atoms with Gasteiger partial charge in [0, 0.05) is 12.0 Å². The fraction of sp³-hybridized carbons (Fsp3) is 0.567. The molecule has 0 saturated carbocycles. The highest BCUT2D eigenvalue weighted by molar-refractivity contribution is 5.70. The van der Waals surface area contributed by atoms with E-state index in [2.05, 4.69) is 31.2 Å². The van der Waals surface area contributed by atoms with Crippen LogP contribution in [0.2, 0.25) is 0 Å². The molecule has 1 atom stereocenters. The van der Waals surface area contributed by atoms with Crippen molar-refractivity contribution in [3.8, 4) is 5.75 Å². The third-order valence-electron chi connectivity index (χ3n) is 6.09. The van der Waals surface area contributed by atoms with Crippen molar-refractivity contribution in [2.24, 2.45) is 0 Å². The number of ether oxygens (including phenoxy) is 2. The number of rotatable bonds is 17. The minimum Gasteiger partial charge on any atom is -0.455 e. The van der Waals surface area contributed by atoms with Crippen LogP contribution in [0.25, 0.3) is 0 Å². The number of quaternary nitrogens is 1. The van der Waals surface area contributed by atoms with E-state index in [1.54, 1.807) is 0 Å². The number of hydrogen-bond acceptors (Lipinski definition) is 3. The number of benzene rings is 2. The molecule has 0 N–H and O–H groups in total. The summed E-state index contributed by atoms with van der Waals surface area (Å²) in [6, 6.07) is 18.5. The largest absolute Gasteiger partial charge is 0.455 e. The first-order valence-electron chi connectivity index (χ1n) is 13.2. The van der Waals surface area contributed by atoms with Crippen LogP contribution in [-0.2, 0) is 22.5 Å². The maximum atomic E-state index is 12.6. The molecule has 0 radical (unpaired) electrons. The van der Waals surface area contributed by atoms with E-state index in [9.17, 15) is 4.79 Å². The second kappa shape index (κ2) is 15.5. The second-order valence-corrected chi connectivity index (χ2v) is 10.1. The third kappa shape index (κ3) is 11.7. The molecule has 1 unspecified atom stereocenters. The highest BCUT2D eigenvalue weighted by Crippen LogP contribution is 2.19. The maximum absolute atomic E-state index is 12.6. The second-order valence-electron chi connectivity index (χ2n) is 10.1. The molecule has 4 nitrogen and oxygen atoms in total. The number of esters is 1. The highest BCUT2D eigenvalue weighted by atomic mass is 16.7. The molecule has 0 spiro atoms. The molecular formula is C30H46NO3+. The highest BCUT2D eigenvalue weighted by Gasteiger charge is 2.24. The van der Waals surface area contributed by atoms with Crippen LogP contribution >= 0.6 is 0 Å². The Kier molecular flexibility index (Phi) is 12.8. The van der Waals surface area contributed by atoms with Crippen molar-refractivity contribution < 1.29 is 18.8 Å². The Balaban J connectivity index is 1.76. The standard InChI is InChI=1S/C30H46NO3/c1-5-7-8-9-10-11-12-14-18-26-21-17-22-28(23-26)33-30(6-2)34-29(32)25-31(3,4)24-27-19-15-13-16-20-27/h13,15-17,19-23,30H,5-12,14,18,24-25H2,1-4H3/q+1. The molecule has 34 heavy (non-hydrogen) atoms. The van der Waals surface area contributed by atoms with Gasteiger partial charge in [-0.15, -0.1) is 0 Å². The lowest BCUT2D eigenvalue weighted by molar-refractivity contribution is -0.896. The van der Waals surface area contributed by atoms with Gasteiger partial charge in [-0.3, -0.25) is 0 Å². The lowest BCUT2D eigenvalue weighted by Gasteiger charge is -2.29. The third-order valence-corrected chi connectivity index (χ3v) is 6.09. The lowest BCUT2D eigenvalue weighted by atomic mass is 10.0. The Morgan fingerprint density at radius 3 is 2.15 bits per heavy atom. The topological polar surface area (TPSA) is 35.5 Å². The number of unbranched alkanes of at least 4 members (excludes halogenated alkanes) is 7. The SMILES string of the molecule is CCCCCCCCCCc1cccc(OC(CC)OC(=O)C[N+](C)(C)Cc2ccccc2)c1. The zero-order valence-electron chi connectivity index (χ0n) is 21.9. The van der Waals surface area contributed by atoms with Crippen molar-refractivity contribution in [3.05, 3.63) is 65.7 Å². The predicted molar refractivity (Wildman–Crippen MR) is 141 cm³/mol. The van der Waals surface area contributed by atoms with E-state index in [0.29, 0.717) is 17.4 Å². The molecular weight excluding hydrogens is 422 g/mol. The van der Waals surface area contributed by atoms with Gasteiger partial charge in [0.2, 0.25) is 6.29 Å². The van der Waals surface area contributed by atoms with Gasteiger partial charge in [-0.2, -0.15) is 0 Å². The van der Waals surface area contributed by atoms with Crippen LogP contribution in [-0.4, -0.2) is 37.4 Å². The van der Waals surface area contributed by atoms with Crippen molar-refractivity contribution in [2.75, 3.05) is 20.6 Å². The van der Waals surface area contributed by atoms with Crippen LogP contribution in [0.1, 0.15) is 82.8 Å². The predicted octanol–water partition coefficient (Wildman–Crippen LogP) is 7.30. The quantitative estimate of drug-likeness (QED) is 0.106. The maximum Gasteiger partial charge on any atom is 0.364 e. The molecule has 2 aromatic carbocycles. The molecule has 2 aromatic rings. The molecule has 188 valence electrons. The number of likely N-dealkylation sites (N-methyl/N-ethyl adjacent to an activating group) is 1. The van der Waals surface area contributed by atoms with E-state index in [-0.39, 0.29) is 5.97 Å².